The van der Waals surface area contributed by atoms with Gasteiger partial charge in [-0.3, -0.25) is 4.79 Å². The van der Waals surface area contributed by atoms with E-state index in [0.717, 1.165) is 56.9 Å². The van der Waals surface area contributed by atoms with Gasteiger partial charge < -0.3 is 4.79 Å². The van der Waals surface area contributed by atoms with Gasteiger partial charge in [-0.25, -0.2) is 13.6 Å². The summed E-state index contributed by atoms with van der Waals surface area (Å²) in [4.78, 5) is 30.8. The molecule has 39 heavy (non-hydrogen) atoms. The molecule has 0 spiro atoms. The summed E-state index contributed by atoms with van der Waals surface area (Å²) in [7, 11) is 0. The summed E-state index contributed by atoms with van der Waals surface area (Å²) in [5.41, 5.74) is 0.150. The van der Waals surface area contributed by atoms with Gasteiger partial charge in [-0.15, -0.1) is 0 Å². The van der Waals surface area contributed by atoms with Gasteiger partial charge in [-0.05, 0) is 104 Å². The molecule has 5 aliphatic rings. The van der Waals surface area contributed by atoms with Crippen LogP contribution in [0.1, 0.15) is 106 Å². The highest BCUT2D eigenvalue weighted by molar-refractivity contribution is 6.02. The summed E-state index contributed by atoms with van der Waals surface area (Å²) in [5, 5.41) is 0. The number of ketones is 2. The number of alkyl halides is 2. The number of nitrogens with zero attached hydrogens (tertiary/aromatic N) is 1. The van der Waals surface area contributed by atoms with Crippen LogP contribution in [0.5, 0.6) is 0 Å². The second-order valence-electron chi connectivity index (χ2n) is 15.2. The molecule has 9 atom stereocenters. The maximum absolute atomic E-state index is 13.8. The van der Waals surface area contributed by atoms with Crippen molar-refractivity contribution in [2.24, 2.45) is 56.7 Å². The van der Waals surface area contributed by atoms with E-state index in [9.17, 15) is 18.4 Å². The number of carbonyl (C=O) groups excluding carboxylic acids is 2. The summed E-state index contributed by atoms with van der Waals surface area (Å²) in [6.45, 7) is 25.6. The zero-order valence-electron chi connectivity index (χ0n) is 24.8. The molecule has 0 aliphatic heterocycles. The minimum atomic E-state index is -2.44. The minimum Gasteiger partial charge on any atom is -0.307 e. The average Bonchev–Trinajstić information content (AvgIpc) is 3.26. The van der Waals surface area contributed by atoms with Crippen LogP contribution in [0.15, 0.2) is 23.9 Å². The number of hydrogen-bond donors (Lipinski definition) is 0. The Bertz CT molecular complexity index is 1160. The Morgan fingerprint density at radius 1 is 1.03 bits per heavy atom. The zero-order valence-corrected chi connectivity index (χ0v) is 24.8. The maximum Gasteiger partial charge on any atom is 0.239 e. The third kappa shape index (κ3) is 3.68. The Morgan fingerprint density at radius 3 is 2.33 bits per heavy atom. The lowest BCUT2D eigenvalue weighted by Gasteiger charge is -2.71. The first-order valence-electron chi connectivity index (χ1n) is 15.2. The second-order valence-corrected chi connectivity index (χ2v) is 15.2. The second kappa shape index (κ2) is 9.09. The molecule has 0 heterocycles. The first-order valence-corrected chi connectivity index (χ1v) is 15.2. The lowest BCUT2D eigenvalue weighted by Crippen LogP contribution is -2.66. The molecule has 5 heteroatoms. The van der Waals surface area contributed by atoms with Crippen LogP contribution in [-0.2, 0) is 9.59 Å². The molecule has 5 aliphatic carbocycles. The number of Topliss-reactive ketones (excluding diaryl/α,β-unsaturated/α-hetero) is 2. The molecule has 214 valence electrons. The van der Waals surface area contributed by atoms with Gasteiger partial charge in [0.1, 0.15) is 5.78 Å². The molecule has 4 fully saturated rings. The molecule has 0 unspecified atom stereocenters. The van der Waals surface area contributed by atoms with Gasteiger partial charge in [0.25, 0.3) is 0 Å². The Hall–Kier alpha value is -1.83. The van der Waals surface area contributed by atoms with Crippen LogP contribution >= 0.6 is 0 Å². The third-order valence-corrected chi connectivity index (χ3v) is 13.6. The summed E-state index contributed by atoms with van der Waals surface area (Å²) in [6.07, 6.45) is 6.72. The minimum absolute atomic E-state index is 0.00165. The van der Waals surface area contributed by atoms with Crippen molar-refractivity contribution < 1.29 is 18.4 Å². The largest absolute Gasteiger partial charge is 0.307 e. The molecule has 0 aromatic rings. The number of rotatable bonds is 5. The molecule has 5 rings (SSSR count). The van der Waals surface area contributed by atoms with Crippen LogP contribution < -0.4 is 0 Å². The lowest BCUT2D eigenvalue weighted by atomic mass is 9.32. The topological polar surface area (TPSA) is 38.5 Å². The van der Waals surface area contributed by atoms with E-state index in [-0.39, 0.29) is 58.4 Å². The zero-order chi connectivity index (χ0) is 28.8. The lowest BCUT2D eigenvalue weighted by molar-refractivity contribution is -0.217. The van der Waals surface area contributed by atoms with E-state index in [4.69, 9.17) is 6.57 Å². The predicted octanol–water partition coefficient (Wildman–Crippen LogP) is 8.85. The standard InChI is InChI=1S/C34H47F2NO2/c1-20(2)21-13-16-34(26(38)11-12-27(35)36)18-17-32(6)22(28(21)34)9-10-25-31(5)19-23(37-8)29(39)30(3,4)24(31)14-15-33(25,32)7/h19,21-22,24-25,27-28H,1,9-18H2,2-7H3/t21-,22+,24-,25+,28+,31-,32+,33+,34+/m0/s1. The van der Waals surface area contributed by atoms with E-state index in [0.29, 0.717) is 17.5 Å². The number of fused-ring (bicyclic) bond motifs is 7. The smallest absolute Gasteiger partial charge is 0.239 e. The highest BCUT2D eigenvalue weighted by Crippen LogP contribution is 2.77. The van der Waals surface area contributed by atoms with E-state index in [1.165, 1.54) is 0 Å². The summed E-state index contributed by atoms with van der Waals surface area (Å²) < 4.78 is 26.3. The first-order chi connectivity index (χ1) is 18.1. The molecule has 4 saturated carbocycles. The van der Waals surface area contributed by atoms with E-state index < -0.39 is 17.3 Å². The Morgan fingerprint density at radius 2 is 1.72 bits per heavy atom. The van der Waals surface area contributed by atoms with E-state index in [2.05, 4.69) is 45.2 Å². The molecule has 0 radical (unpaired) electrons. The van der Waals surface area contributed by atoms with Crippen molar-refractivity contribution in [1.29, 1.82) is 0 Å². The molecule has 0 N–H and O–H groups in total. The fourth-order valence-electron chi connectivity index (χ4n) is 11.7. The van der Waals surface area contributed by atoms with Gasteiger partial charge >= 0.3 is 0 Å². The fourth-order valence-corrected chi connectivity index (χ4v) is 11.7. The number of allylic oxidation sites excluding steroid dienone is 3. The Balaban J connectivity index is 1.57. The SMILES string of the molecule is [C-]#[N+]C1=C[C@]2(C)[C@H]3CC[C@@H]4[C@H]5[C@H](C(=C)C)CC[C@]5(C(=O)CCC(F)F)CC[C@@]4(C)[C@]3(C)CC[C@H]2C(C)(C)C1=O. The molecule has 0 bridgehead atoms. The molecule has 0 amide bonds. The van der Waals surface area contributed by atoms with Crippen LogP contribution in [-0.4, -0.2) is 18.0 Å². The molecule has 3 nitrogen and oxygen atoms in total. The van der Waals surface area contributed by atoms with Crippen molar-refractivity contribution in [1.82, 2.24) is 0 Å². The van der Waals surface area contributed by atoms with Gasteiger partial charge in [0.15, 0.2) is 5.78 Å². The third-order valence-electron chi connectivity index (χ3n) is 13.6. The van der Waals surface area contributed by atoms with Crippen molar-refractivity contribution >= 4 is 11.6 Å². The van der Waals surface area contributed by atoms with Crippen molar-refractivity contribution in [2.75, 3.05) is 0 Å². The number of hydrogen-bond acceptors (Lipinski definition) is 2. The molecule has 0 saturated heterocycles. The van der Waals surface area contributed by atoms with E-state index in [1.54, 1.807) is 0 Å². The molecular formula is C34H47F2NO2. The molecule has 0 aromatic heterocycles. The van der Waals surface area contributed by atoms with E-state index >= 15 is 0 Å². The van der Waals surface area contributed by atoms with E-state index in [1.807, 2.05) is 13.8 Å². The normalized spacial score (nSPS) is 46.3. The number of halogens is 2. The van der Waals surface area contributed by atoms with Crippen molar-refractivity contribution in [3.8, 4) is 0 Å². The van der Waals surface area contributed by atoms with Gasteiger partial charge in [0.2, 0.25) is 12.1 Å². The summed E-state index contributed by atoms with van der Waals surface area (Å²) >= 11 is 0. The van der Waals surface area contributed by atoms with Crippen molar-refractivity contribution in [2.45, 2.75) is 112 Å². The van der Waals surface area contributed by atoms with Gasteiger partial charge in [-0.2, -0.15) is 0 Å². The quantitative estimate of drug-likeness (QED) is 0.259. The van der Waals surface area contributed by atoms with Crippen LogP contribution in [0.3, 0.4) is 0 Å². The average molecular weight is 540 g/mol. The van der Waals surface area contributed by atoms with Gasteiger partial charge in [0.05, 0.1) is 6.57 Å². The highest BCUT2D eigenvalue weighted by Gasteiger charge is 2.71. The summed E-state index contributed by atoms with van der Waals surface area (Å²) in [5.74, 6) is 1.38. The van der Waals surface area contributed by atoms with Crippen LogP contribution in [0, 0.1) is 63.2 Å². The van der Waals surface area contributed by atoms with Gasteiger partial charge in [-0.1, -0.05) is 52.8 Å². The monoisotopic (exact) mass is 539 g/mol. The Kier molecular flexibility index (Phi) is 6.68. The highest BCUT2D eigenvalue weighted by atomic mass is 19.3. The number of carbonyl (C=O) groups is 2. The predicted molar refractivity (Wildman–Crippen MR) is 150 cm³/mol. The molecule has 0 aromatic carbocycles. The van der Waals surface area contributed by atoms with Crippen LogP contribution in [0.25, 0.3) is 4.85 Å². The van der Waals surface area contributed by atoms with Crippen LogP contribution in [0.4, 0.5) is 8.78 Å². The molecular weight excluding hydrogens is 492 g/mol. The fraction of sp³-hybridized carbons (Fsp3) is 0.794. The summed E-state index contributed by atoms with van der Waals surface area (Å²) in [6, 6.07) is 0. The Labute approximate surface area is 234 Å². The van der Waals surface area contributed by atoms with Crippen molar-refractivity contribution in [3.05, 3.63) is 35.3 Å². The van der Waals surface area contributed by atoms with Crippen molar-refractivity contribution in [3.63, 3.8) is 0 Å². The maximum atomic E-state index is 13.8. The van der Waals surface area contributed by atoms with Crippen LogP contribution in [0.2, 0.25) is 0 Å². The first kappa shape index (κ1) is 28.7. The van der Waals surface area contributed by atoms with Gasteiger partial charge in [0, 0.05) is 23.7 Å².